The minimum absolute atomic E-state index is 0.0717. The van der Waals surface area contributed by atoms with Gasteiger partial charge in [0, 0.05) is 60.6 Å². The minimum atomic E-state index is 0.0717. The van der Waals surface area contributed by atoms with Gasteiger partial charge in [0.25, 0.3) is 5.91 Å². The Kier molecular flexibility index (Phi) is 5.83. The molecule has 1 aliphatic rings. The molecule has 0 aliphatic carbocycles. The fraction of sp³-hybridized carbons (Fsp3) is 0.269. The number of benzene rings is 1. The van der Waals surface area contributed by atoms with Crippen molar-refractivity contribution in [3.63, 3.8) is 0 Å². The molecule has 1 aliphatic heterocycles. The van der Waals surface area contributed by atoms with E-state index in [4.69, 9.17) is 0 Å². The fourth-order valence-electron chi connectivity index (χ4n) is 4.59. The smallest absolute Gasteiger partial charge is 0.253 e. The van der Waals surface area contributed by atoms with Crippen molar-refractivity contribution in [2.24, 2.45) is 5.92 Å². The van der Waals surface area contributed by atoms with Gasteiger partial charge in [-0.15, -0.1) is 0 Å². The fourth-order valence-corrected chi connectivity index (χ4v) is 4.59. The minimum Gasteiger partial charge on any atom is -0.339 e. The standard InChI is InChI=1S/C26H25N5O/c32-26(21-6-10-30-25(14-21)23-16-28-18-29-17-23)31-11-2-3-19(8-12-31)13-20-4-1-5-22-15-27-9-7-24(20)22/h1,4-7,9-10,14-19H,2-3,8,11-13H2. The molecule has 1 saturated heterocycles. The highest BCUT2D eigenvalue weighted by Gasteiger charge is 2.22. The van der Waals surface area contributed by atoms with E-state index in [0.717, 1.165) is 50.0 Å². The summed E-state index contributed by atoms with van der Waals surface area (Å²) in [5, 5.41) is 2.47. The summed E-state index contributed by atoms with van der Waals surface area (Å²) in [6.45, 7) is 1.57. The van der Waals surface area contributed by atoms with Crippen molar-refractivity contribution in [3.05, 3.63) is 84.8 Å². The lowest BCUT2D eigenvalue weighted by Crippen LogP contribution is -2.32. The Morgan fingerprint density at radius 1 is 0.969 bits per heavy atom. The number of likely N-dealkylation sites (tertiary alicyclic amines) is 1. The van der Waals surface area contributed by atoms with Crippen LogP contribution in [0.4, 0.5) is 0 Å². The quantitative estimate of drug-likeness (QED) is 0.481. The van der Waals surface area contributed by atoms with Crippen LogP contribution in [-0.4, -0.2) is 43.8 Å². The molecule has 0 N–H and O–H groups in total. The Balaban J connectivity index is 1.28. The number of rotatable bonds is 4. The number of pyridine rings is 2. The van der Waals surface area contributed by atoms with E-state index in [1.165, 1.54) is 22.7 Å². The SMILES string of the molecule is O=C(c1ccnc(-c2cncnc2)c1)N1CCCC(Cc2cccc3cnccc23)CC1. The second-order valence-corrected chi connectivity index (χ2v) is 8.36. The van der Waals surface area contributed by atoms with Gasteiger partial charge in [0.15, 0.2) is 0 Å². The number of nitrogens with zero attached hydrogens (tertiary/aromatic N) is 5. The van der Waals surface area contributed by atoms with Gasteiger partial charge in [0.1, 0.15) is 6.33 Å². The number of hydrogen-bond acceptors (Lipinski definition) is 5. The summed E-state index contributed by atoms with van der Waals surface area (Å²) in [4.78, 5) is 32.0. The van der Waals surface area contributed by atoms with E-state index in [9.17, 15) is 4.79 Å². The van der Waals surface area contributed by atoms with Crippen molar-refractivity contribution >= 4 is 16.7 Å². The summed E-state index contributed by atoms with van der Waals surface area (Å²) in [7, 11) is 0. The third kappa shape index (κ3) is 4.35. The maximum Gasteiger partial charge on any atom is 0.253 e. The summed E-state index contributed by atoms with van der Waals surface area (Å²) >= 11 is 0. The summed E-state index contributed by atoms with van der Waals surface area (Å²) in [5.74, 6) is 0.642. The molecule has 32 heavy (non-hydrogen) atoms. The second-order valence-electron chi connectivity index (χ2n) is 8.36. The highest BCUT2D eigenvalue weighted by Crippen LogP contribution is 2.27. The molecule has 160 valence electrons. The van der Waals surface area contributed by atoms with Gasteiger partial charge in [-0.05, 0) is 60.7 Å². The van der Waals surface area contributed by atoms with Gasteiger partial charge in [-0.2, -0.15) is 0 Å². The number of amides is 1. The van der Waals surface area contributed by atoms with Crippen LogP contribution in [0.25, 0.3) is 22.0 Å². The van der Waals surface area contributed by atoms with E-state index < -0.39 is 0 Å². The maximum absolute atomic E-state index is 13.2. The molecule has 0 bridgehead atoms. The third-order valence-corrected chi connectivity index (χ3v) is 6.28. The van der Waals surface area contributed by atoms with Crippen LogP contribution in [0.15, 0.2) is 73.7 Å². The van der Waals surface area contributed by atoms with Crippen LogP contribution in [0.5, 0.6) is 0 Å². The van der Waals surface area contributed by atoms with E-state index in [2.05, 4.69) is 44.2 Å². The average molecular weight is 424 g/mol. The lowest BCUT2D eigenvalue weighted by atomic mass is 9.90. The highest BCUT2D eigenvalue weighted by atomic mass is 16.2. The zero-order chi connectivity index (χ0) is 21.8. The second kappa shape index (κ2) is 9.22. The molecular formula is C26H25N5O. The van der Waals surface area contributed by atoms with Gasteiger partial charge < -0.3 is 4.90 Å². The first-order valence-corrected chi connectivity index (χ1v) is 11.1. The van der Waals surface area contributed by atoms with Crippen molar-refractivity contribution in [2.45, 2.75) is 25.7 Å². The molecule has 4 aromatic rings. The van der Waals surface area contributed by atoms with Crippen molar-refractivity contribution in [1.82, 2.24) is 24.8 Å². The third-order valence-electron chi connectivity index (χ3n) is 6.28. The molecule has 1 aromatic carbocycles. The average Bonchev–Trinajstić information content (AvgIpc) is 3.10. The van der Waals surface area contributed by atoms with Gasteiger partial charge in [-0.1, -0.05) is 18.2 Å². The molecule has 6 heteroatoms. The molecule has 1 atom stereocenters. The lowest BCUT2D eigenvalue weighted by Gasteiger charge is -2.21. The van der Waals surface area contributed by atoms with Crippen molar-refractivity contribution in [2.75, 3.05) is 13.1 Å². The van der Waals surface area contributed by atoms with Crippen LogP contribution in [0.1, 0.15) is 35.2 Å². The van der Waals surface area contributed by atoms with Gasteiger partial charge in [0.2, 0.25) is 0 Å². The largest absolute Gasteiger partial charge is 0.339 e. The molecule has 1 amide bonds. The zero-order valence-corrected chi connectivity index (χ0v) is 17.9. The van der Waals surface area contributed by atoms with Crippen LogP contribution >= 0.6 is 0 Å². The van der Waals surface area contributed by atoms with Gasteiger partial charge in [-0.3, -0.25) is 14.8 Å². The molecule has 0 spiro atoms. The van der Waals surface area contributed by atoms with Crippen LogP contribution < -0.4 is 0 Å². The summed E-state index contributed by atoms with van der Waals surface area (Å²) in [6.07, 6.45) is 14.6. The lowest BCUT2D eigenvalue weighted by molar-refractivity contribution is 0.0760. The molecule has 1 fully saturated rings. The molecule has 5 rings (SSSR count). The molecule has 4 heterocycles. The van der Waals surface area contributed by atoms with Crippen molar-refractivity contribution in [3.8, 4) is 11.3 Å². The van der Waals surface area contributed by atoms with E-state index >= 15 is 0 Å². The number of carbonyl (C=O) groups excluding carboxylic acids is 1. The van der Waals surface area contributed by atoms with Gasteiger partial charge >= 0.3 is 0 Å². The number of carbonyl (C=O) groups is 1. The number of hydrogen-bond donors (Lipinski definition) is 0. The predicted molar refractivity (Wildman–Crippen MR) is 124 cm³/mol. The van der Waals surface area contributed by atoms with E-state index in [1.54, 1.807) is 24.7 Å². The van der Waals surface area contributed by atoms with Crippen molar-refractivity contribution < 1.29 is 4.79 Å². The Labute approximate surface area is 187 Å². The molecule has 6 nitrogen and oxygen atoms in total. The monoisotopic (exact) mass is 423 g/mol. The van der Waals surface area contributed by atoms with E-state index in [1.807, 2.05) is 23.4 Å². The van der Waals surface area contributed by atoms with Crippen molar-refractivity contribution in [1.29, 1.82) is 0 Å². The first kappa shape index (κ1) is 20.2. The molecule has 1 unspecified atom stereocenters. The normalized spacial score (nSPS) is 16.6. The summed E-state index contributed by atoms with van der Waals surface area (Å²) < 4.78 is 0. The highest BCUT2D eigenvalue weighted by molar-refractivity contribution is 5.95. The van der Waals surface area contributed by atoms with Crippen LogP contribution in [0.3, 0.4) is 0 Å². The molecular weight excluding hydrogens is 398 g/mol. The maximum atomic E-state index is 13.2. The molecule has 3 aromatic heterocycles. The topological polar surface area (TPSA) is 71.9 Å². The van der Waals surface area contributed by atoms with E-state index in [-0.39, 0.29) is 5.91 Å². The van der Waals surface area contributed by atoms with Crippen LogP contribution in [0.2, 0.25) is 0 Å². The Morgan fingerprint density at radius 3 is 2.78 bits per heavy atom. The van der Waals surface area contributed by atoms with Gasteiger partial charge in [0.05, 0.1) is 5.69 Å². The Morgan fingerprint density at radius 2 is 1.88 bits per heavy atom. The zero-order valence-electron chi connectivity index (χ0n) is 17.9. The van der Waals surface area contributed by atoms with Gasteiger partial charge in [-0.25, -0.2) is 9.97 Å². The number of aromatic nitrogens is 4. The Hall–Kier alpha value is -3.67. The molecule has 0 radical (unpaired) electrons. The van der Waals surface area contributed by atoms with E-state index in [0.29, 0.717) is 11.5 Å². The first-order valence-electron chi connectivity index (χ1n) is 11.1. The Bertz CT molecular complexity index is 1220. The molecule has 0 saturated carbocycles. The summed E-state index contributed by atoms with van der Waals surface area (Å²) in [6, 6.07) is 12.2. The number of fused-ring (bicyclic) bond motifs is 1. The summed E-state index contributed by atoms with van der Waals surface area (Å²) in [5.41, 5.74) is 3.57. The predicted octanol–water partition coefficient (Wildman–Crippen LogP) is 4.57. The van der Waals surface area contributed by atoms with Crippen LogP contribution in [-0.2, 0) is 6.42 Å². The van der Waals surface area contributed by atoms with Crippen LogP contribution in [0, 0.1) is 5.92 Å². The first-order chi connectivity index (χ1) is 15.8.